The molecule has 1 atom stereocenters. The number of rotatable bonds is 3. The molecule has 0 bridgehead atoms. The Labute approximate surface area is 122 Å². The average molecular weight is 304 g/mol. The van der Waals surface area contributed by atoms with Crippen LogP contribution in [0.1, 0.15) is 11.7 Å². The number of hydrogen-bond donors (Lipinski definition) is 0. The van der Waals surface area contributed by atoms with E-state index in [0.717, 1.165) is 5.56 Å². The number of hydrogen-bond acceptors (Lipinski definition) is 3. The van der Waals surface area contributed by atoms with Crippen LogP contribution >= 0.6 is 23.2 Å². The van der Waals surface area contributed by atoms with Gasteiger partial charge in [-0.25, -0.2) is 0 Å². The molecule has 1 fully saturated rings. The molecule has 1 aromatic rings. The molecule has 19 heavy (non-hydrogen) atoms. The molecule has 6 heteroatoms. The van der Waals surface area contributed by atoms with Gasteiger partial charge in [0.2, 0.25) is 5.91 Å². The fraction of sp³-hybridized carbons (Fsp3) is 0.462. The van der Waals surface area contributed by atoms with Crippen LogP contribution in [0.2, 0.25) is 10.0 Å². The fourth-order valence-corrected chi connectivity index (χ4v) is 2.60. The molecule has 4 nitrogen and oxygen atoms in total. The second kappa shape index (κ2) is 6.57. The maximum Gasteiger partial charge on any atom is 0.248 e. The van der Waals surface area contributed by atoms with Gasteiger partial charge in [0.15, 0.2) is 0 Å². The molecule has 1 saturated heterocycles. The van der Waals surface area contributed by atoms with Gasteiger partial charge in [0.1, 0.15) is 12.7 Å². The van der Waals surface area contributed by atoms with E-state index in [4.69, 9.17) is 32.7 Å². The zero-order chi connectivity index (χ0) is 13.8. The third kappa shape index (κ3) is 3.83. The maximum atomic E-state index is 11.8. The van der Waals surface area contributed by atoms with E-state index in [1.807, 2.05) is 12.1 Å². The normalized spacial score (nSPS) is 19.5. The summed E-state index contributed by atoms with van der Waals surface area (Å²) in [5.74, 6) is -0.0380. The number of carbonyl (C=O) groups is 1. The SMILES string of the molecule is COCC(=O)N1CCOC(c2cc(Cl)cc(Cl)c2)C1. The first-order valence-corrected chi connectivity index (χ1v) is 6.70. The summed E-state index contributed by atoms with van der Waals surface area (Å²) in [5, 5.41) is 1.12. The lowest BCUT2D eigenvalue weighted by Gasteiger charge is -2.33. The molecule has 0 N–H and O–H groups in total. The van der Waals surface area contributed by atoms with Crippen LogP contribution < -0.4 is 0 Å². The number of ether oxygens (including phenoxy) is 2. The van der Waals surface area contributed by atoms with Gasteiger partial charge in [-0.15, -0.1) is 0 Å². The number of morpholine rings is 1. The molecular weight excluding hydrogens is 289 g/mol. The van der Waals surface area contributed by atoms with Gasteiger partial charge in [-0.3, -0.25) is 4.79 Å². The van der Waals surface area contributed by atoms with Gasteiger partial charge in [0.25, 0.3) is 0 Å². The molecule has 0 spiro atoms. The van der Waals surface area contributed by atoms with Crippen molar-refractivity contribution in [2.24, 2.45) is 0 Å². The van der Waals surface area contributed by atoms with E-state index in [9.17, 15) is 4.79 Å². The maximum absolute atomic E-state index is 11.8. The molecule has 1 aliphatic heterocycles. The van der Waals surface area contributed by atoms with Gasteiger partial charge in [-0.1, -0.05) is 23.2 Å². The molecule has 0 aromatic heterocycles. The lowest BCUT2D eigenvalue weighted by atomic mass is 10.1. The summed E-state index contributed by atoms with van der Waals surface area (Å²) < 4.78 is 10.5. The number of nitrogens with zero attached hydrogens (tertiary/aromatic N) is 1. The summed E-state index contributed by atoms with van der Waals surface area (Å²) in [6.07, 6.45) is -0.203. The molecule has 0 saturated carbocycles. The number of halogens is 2. The molecule has 0 radical (unpaired) electrons. The predicted octanol–water partition coefficient (Wildman–Crippen LogP) is 2.54. The van der Waals surface area contributed by atoms with Crippen LogP contribution in [0.25, 0.3) is 0 Å². The highest BCUT2D eigenvalue weighted by Gasteiger charge is 2.25. The fourth-order valence-electron chi connectivity index (χ4n) is 2.05. The lowest BCUT2D eigenvalue weighted by Crippen LogP contribution is -2.43. The monoisotopic (exact) mass is 303 g/mol. The lowest BCUT2D eigenvalue weighted by molar-refractivity contribution is -0.142. The van der Waals surface area contributed by atoms with Gasteiger partial charge in [-0.2, -0.15) is 0 Å². The molecule has 2 rings (SSSR count). The summed E-state index contributed by atoms with van der Waals surface area (Å²) in [6, 6.07) is 5.29. The van der Waals surface area contributed by atoms with Crippen molar-refractivity contribution in [1.82, 2.24) is 4.90 Å². The molecule has 0 aliphatic carbocycles. The van der Waals surface area contributed by atoms with E-state index in [1.54, 1.807) is 11.0 Å². The van der Waals surface area contributed by atoms with Crippen molar-refractivity contribution < 1.29 is 14.3 Å². The minimum atomic E-state index is -0.203. The predicted molar refractivity (Wildman–Crippen MR) is 73.6 cm³/mol. The van der Waals surface area contributed by atoms with Crippen molar-refractivity contribution >= 4 is 29.1 Å². The number of amides is 1. The van der Waals surface area contributed by atoms with Gasteiger partial charge in [0.05, 0.1) is 13.2 Å². The van der Waals surface area contributed by atoms with Crippen LogP contribution in [-0.4, -0.2) is 44.2 Å². The highest BCUT2D eigenvalue weighted by molar-refractivity contribution is 6.34. The third-order valence-electron chi connectivity index (χ3n) is 2.94. The standard InChI is InChI=1S/C13H15Cl2NO3/c1-18-8-13(17)16-2-3-19-12(7-16)9-4-10(14)6-11(15)5-9/h4-6,12H,2-3,7-8H2,1H3. The van der Waals surface area contributed by atoms with Crippen LogP contribution in [-0.2, 0) is 14.3 Å². The first-order chi connectivity index (χ1) is 9.10. The Bertz CT molecular complexity index is 447. The van der Waals surface area contributed by atoms with Gasteiger partial charge in [0, 0.05) is 23.7 Å². The summed E-state index contributed by atoms with van der Waals surface area (Å²) >= 11 is 12.0. The smallest absolute Gasteiger partial charge is 0.248 e. The van der Waals surface area contributed by atoms with Crippen LogP contribution in [0, 0.1) is 0 Å². The van der Waals surface area contributed by atoms with E-state index in [1.165, 1.54) is 7.11 Å². The summed E-state index contributed by atoms with van der Waals surface area (Å²) in [6.45, 7) is 1.64. The number of carbonyl (C=O) groups excluding carboxylic acids is 1. The zero-order valence-corrected chi connectivity index (χ0v) is 12.1. The second-order valence-electron chi connectivity index (χ2n) is 4.33. The second-order valence-corrected chi connectivity index (χ2v) is 5.21. The highest BCUT2D eigenvalue weighted by Crippen LogP contribution is 2.28. The van der Waals surface area contributed by atoms with Crippen molar-refractivity contribution in [3.63, 3.8) is 0 Å². The molecule has 1 aromatic carbocycles. The van der Waals surface area contributed by atoms with Crippen molar-refractivity contribution in [3.8, 4) is 0 Å². The average Bonchev–Trinajstić information content (AvgIpc) is 2.38. The van der Waals surface area contributed by atoms with Crippen molar-refractivity contribution in [1.29, 1.82) is 0 Å². The molecule has 1 heterocycles. The van der Waals surface area contributed by atoms with Crippen molar-refractivity contribution in [2.75, 3.05) is 33.4 Å². The first kappa shape index (κ1) is 14.6. The van der Waals surface area contributed by atoms with E-state index in [-0.39, 0.29) is 18.6 Å². The van der Waals surface area contributed by atoms with Crippen molar-refractivity contribution in [3.05, 3.63) is 33.8 Å². The van der Waals surface area contributed by atoms with Crippen LogP contribution in [0.5, 0.6) is 0 Å². The Morgan fingerprint density at radius 3 is 2.74 bits per heavy atom. The van der Waals surface area contributed by atoms with Gasteiger partial charge in [-0.05, 0) is 23.8 Å². The molecule has 1 amide bonds. The molecule has 1 unspecified atom stereocenters. The third-order valence-corrected chi connectivity index (χ3v) is 3.38. The van der Waals surface area contributed by atoms with Crippen LogP contribution in [0.4, 0.5) is 0 Å². The summed E-state index contributed by atoms with van der Waals surface area (Å²) in [4.78, 5) is 13.5. The Balaban J connectivity index is 2.10. The molecule has 1 aliphatic rings. The van der Waals surface area contributed by atoms with Gasteiger partial charge < -0.3 is 14.4 Å². The zero-order valence-electron chi connectivity index (χ0n) is 10.6. The Morgan fingerprint density at radius 1 is 1.42 bits per heavy atom. The Hall–Kier alpha value is -0.810. The number of methoxy groups -OCH3 is 1. The number of benzene rings is 1. The van der Waals surface area contributed by atoms with E-state index in [2.05, 4.69) is 0 Å². The first-order valence-electron chi connectivity index (χ1n) is 5.94. The Morgan fingerprint density at radius 2 is 2.11 bits per heavy atom. The van der Waals surface area contributed by atoms with E-state index in [0.29, 0.717) is 29.7 Å². The van der Waals surface area contributed by atoms with E-state index >= 15 is 0 Å². The quantitative estimate of drug-likeness (QED) is 0.861. The van der Waals surface area contributed by atoms with Crippen molar-refractivity contribution in [2.45, 2.75) is 6.10 Å². The van der Waals surface area contributed by atoms with E-state index < -0.39 is 0 Å². The molecule has 104 valence electrons. The minimum absolute atomic E-state index is 0.0380. The van der Waals surface area contributed by atoms with Gasteiger partial charge >= 0.3 is 0 Å². The minimum Gasteiger partial charge on any atom is -0.375 e. The van der Waals surface area contributed by atoms with Crippen LogP contribution in [0.3, 0.4) is 0 Å². The topological polar surface area (TPSA) is 38.8 Å². The molecular formula is C13H15Cl2NO3. The Kier molecular flexibility index (Phi) is 5.05. The van der Waals surface area contributed by atoms with Crippen LogP contribution in [0.15, 0.2) is 18.2 Å². The highest BCUT2D eigenvalue weighted by atomic mass is 35.5. The summed E-state index contributed by atoms with van der Waals surface area (Å²) in [5.41, 5.74) is 0.882. The largest absolute Gasteiger partial charge is 0.375 e. The summed E-state index contributed by atoms with van der Waals surface area (Å²) in [7, 11) is 1.51.